The minimum atomic E-state index is -4.10. The Balaban J connectivity index is 3.18. The number of allylic oxidation sites excluding steroid dienone is 2. The lowest BCUT2D eigenvalue weighted by molar-refractivity contribution is -0.791. The Hall–Kier alpha value is -0.150. The van der Waals surface area contributed by atoms with E-state index in [0.29, 0.717) is 13.1 Å². The number of rotatable bonds is 2. The van der Waals surface area contributed by atoms with Crippen LogP contribution in [0.2, 0.25) is 0 Å². The van der Waals surface area contributed by atoms with Crippen molar-refractivity contribution in [3.8, 4) is 0 Å². The molecule has 0 spiro atoms. The van der Waals surface area contributed by atoms with Crippen molar-refractivity contribution in [2.24, 2.45) is 0 Å². The Kier molecular flexibility index (Phi) is 3.77. The molecular formula is C10H21NO3P+. The number of hydrogen-bond donors (Lipinski definition) is 2. The zero-order valence-electron chi connectivity index (χ0n) is 9.73. The molecule has 0 aromatic rings. The van der Waals surface area contributed by atoms with Gasteiger partial charge in [-0.05, 0) is 38.7 Å². The summed E-state index contributed by atoms with van der Waals surface area (Å²) in [7, 11) is -4.10. The van der Waals surface area contributed by atoms with E-state index in [-0.39, 0.29) is 4.25 Å². The maximum Gasteiger partial charge on any atom is 0.531 e. The Morgan fingerprint density at radius 1 is 1.07 bits per heavy atom. The van der Waals surface area contributed by atoms with Crippen LogP contribution < -0.4 is 0 Å². The molecule has 1 heterocycles. The van der Waals surface area contributed by atoms with Crippen LogP contribution in [-0.4, -0.2) is 27.1 Å². The van der Waals surface area contributed by atoms with Gasteiger partial charge in [0.15, 0.2) is 0 Å². The monoisotopic (exact) mass is 234 g/mol. The van der Waals surface area contributed by atoms with E-state index in [1.165, 1.54) is 0 Å². The van der Waals surface area contributed by atoms with Crippen molar-refractivity contribution in [1.82, 2.24) is 0 Å². The molecule has 0 amide bonds. The molecule has 15 heavy (non-hydrogen) atoms. The summed E-state index contributed by atoms with van der Waals surface area (Å²) in [5.41, 5.74) is 1.85. The molecule has 1 aliphatic rings. The van der Waals surface area contributed by atoms with Crippen LogP contribution in [-0.2, 0) is 4.57 Å². The highest BCUT2D eigenvalue weighted by Gasteiger charge is 2.48. The number of piperidine rings is 1. The highest BCUT2D eigenvalue weighted by Crippen LogP contribution is 2.54. The Bertz CT molecular complexity index is 309. The molecule has 5 heteroatoms. The molecule has 2 N–H and O–H groups in total. The van der Waals surface area contributed by atoms with Crippen molar-refractivity contribution in [2.75, 3.05) is 13.1 Å². The van der Waals surface area contributed by atoms with Gasteiger partial charge in [-0.1, -0.05) is 0 Å². The Morgan fingerprint density at radius 3 is 1.87 bits per heavy atom. The molecule has 0 unspecified atom stereocenters. The first-order valence-corrected chi connectivity index (χ1v) is 6.95. The van der Waals surface area contributed by atoms with Crippen molar-refractivity contribution in [1.29, 1.82) is 0 Å². The zero-order valence-corrected chi connectivity index (χ0v) is 10.6. The van der Waals surface area contributed by atoms with Crippen LogP contribution >= 0.6 is 7.75 Å². The van der Waals surface area contributed by atoms with Gasteiger partial charge < -0.3 is 0 Å². The summed E-state index contributed by atoms with van der Waals surface area (Å²) < 4.78 is 11.6. The summed E-state index contributed by atoms with van der Waals surface area (Å²) in [6.45, 7) is 6.82. The lowest BCUT2D eigenvalue weighted by Crippen LogP contribution is -2.46. The predicted molar refractivity (Wildman–Crippen MR) is 59.9 cm³/mol. The lowest BCUT2D eigenvalue weighted by Gasteiger charge is -2.41. The first-order chi connectivity index (χ1) is 6.81. The molecule has 0 bridgehead atoms. The minimum Gasteiger partial charge on any atom is -0.278 e. The molecule has 0 aliphatic carbocycles. The highest BCUT2D eigenvalue weighted by atomic mass is 31.2. The quantitative estimate of drug-likeness (QED) is 0.721. The largest absolute Gasteiger partial charge is 0.531 e. The third kappa shape index (κ3) is 2.34. The summed E-state index contributed by atoms with van der Waals surface area (Å²) in [5.74, 6) is 0. The van der Waals surface area contributed by atoms with Gasteiger partial charge in [0, 0.05) is 6.92 Å². The predicted octanol–water partition coefficient (Wildman–Crippen LogP) is 2.39. The average molecular weight is 234 g/mol. The lowest BCUT2D eigenvalue weighted by atomic mass is 10.1. The van der Waals surface area contributed by atoms with Crippen LogP contribution in [0.25, 0.3) is 0 Å². The first-order valence-electron chi connectivity index (χ1n) is 5.39. The summed E-state index contributed by atoms with van der Waals surface area (Å²) >= 11 is 0. The molecular weight excluding hydrogens is 213 g/mol. The Labute approximate surface area is 91.4 Å². The second-order valence-corrected chi connectivity index (χ2v) is 6.32. The standard InChI is InChI=1S/C10H20NO3P/c1-9(2)10(3)11(15(12,13)14)7-5-4-6-8-11/h4-8H2,1-3H3,(H-,12,13,14)/p+1. The van der Waals surface area contributed by atoms with E-state index in [9.17, 15) is 14.4 Å². The zero-order chi connectivity index (χ0) is 11.7. The molecule has 0 radical (unpaired) electrons. The van der Waals surface area contributed by atoms with Gasteiger partial charge in [-0.3, -0.25) is 9.79 Å². The fraction of sp³-hybridized carbons (Fsp3) is 0.800. The first kappa shape index (κ1) is 12.9. The molecule has 0 saturated carbocycles. The van der Waals surface area contributed by atoms with Crippen LogP contribution in [0.15, 0.2) is 11.3 Å². The molecule has 4 nitrogen and oxygen atoms in total. The van der Waals surface area contributed by atoms with Crippen LogP contribution in [0.1, 0.15) is 40.0 Å². The summed E-state index contributed by atoms with van der Waals surface area (Å²) in [4.78, 5) is 19.1. The van der Waals surface area contributed by atoms with Crippen LogP contribution in [0.4, 0.5) is 0 Å². The summed E-state index contributed by atoms with van der Waals surface area (Å²) in [6, 6.07) is 0. The van der Waals surface area contributed by atoms with Crippen molar-refractivity contribution in [3.05, 3.63) is 11.3 Å². The fourth-order valence-electron chi connectivity index (χ4n) is 2.24. The third-order valence-corrected chi connectivity index (χ3v) is 5.10. The van der Waals surface area contributed by atoms with Gasteiger partial charge in [0.05, 0.1) is 13.1 Å². The van der Waals surface area contributed by atoms with E-state index in [4.69, 9.17) is 0 Å². The second kappa shape index (κ2) is 4.38. The number of quaternary nitrogens is 1. The van der Waals surface area contributed by atoms with Crippen LogP contribution in [0.5, 0.6) is 0 Å². The van der Waals surface area contributed by atoms with E-state index < -0.39 is 7.75 Å². The average Bonchev–Trinajstić information content (AvgIpc) is 2.16. The maximum absolute atomic E-state index is 11.7. The normalized spacial score (nSPS) is 21.1. The summed E-state index contributed by atoms with van der Waals surface area (Å²) in [5, 5.41) is 0. The molecule has 0 aromatic heterocycles. The van der Waals surface area contributed by atoms with Crippen molar-refractivity contribution >= 4 is 7.75 Å². The third-order valence-electron chi connectivity index (χ3n) is 3.40. The second-order valence-electron chi connectivity index (χ2n) is 4.53. The maximum atomic E-state index is 11.7. The molecule has 1 saturated heterocycles. The van der Waals surface area contributed by atoms with Gasteiger partial charge in [-0.15, -0.1) is 0 Å². The minimum absolute atomic E-state index is 0.116. The van der Waals surface area contributed by atoms with Gasteiger partial charge in [0.25, 0.3) is 0 Å². The van der Waals surface area contributed by atoms with E-state index in [2.05, 4.69) is 0 Å². The van der Waals surface area contributed by atoms with E-state index in [1.807, 2.05) is 20.8 Å². The molecule has 1 rings (SSSR count). The van der Waals surface area contributed by atoms with Crippen molar-refractivity contribution < 1.29 is 18.6 Å². The van der Waals surface area contributed by atoms with Crippen LogP contribution in [0.3, 0.4) is 0 Å². The van der Waals surface area contributed by atoms with Gasteiger partial charge in [0.2, 0.25) is 0 Å². The topological polar surface area (TPSA) is 57.5 Å². The van der Waals surface area contributed by atoms with Gasteiger partial charge in [-0.25, -0.2) is 8.82 Å². The fourth-order valence-corrected chi connectivity index (χ4v) is 3.64. The molecule has 1 fully saturated rings. The molecule has 0 atom stereocenters. The van der Waals surface area contributed by atoms with Crippen molar-refractivity contribution in [3.63, 3.8) is 0 Å². The highest BCUT2D eigenvalue weighted by molar-refractivity contribution is 7.45. The summed E-state index contributed by atoms with van der Waals surface area (Å²) in [6.07, 6.45) is 2.88. The Morgan fingerprint density at radius 2 is 1.53 bits per heavy atom. The van der Waals surface area contributed by atoms with E-state index >= 15 is 0 Å². The van der Waals surface area contributed by atoms with Crippen LogP contribution in [0, 0.1) is 0 Å². The molecule has 0 aromatic carbocycles. The SMILES string of the molecule is CC(C)=C(C)[N+]1(P(=O)(O)O)CCCCC1. The van der Waals surface area contributed by atoms with Gasteiger partial charge in [0.1, 0.15) is 5.70 Å². The smallest absolute Gasteiger partial charge is 0.278 e. The number of nitrogens with zero attached hydrogens (tertiary/aromatic N) is 1. The van der Waals surface area contributed by atoms with Gasteiger partial charge in [-0.2, -0.15) is 0 Å². The number of likely N-dealkylation sites (tertiary alicyclic amines) is 1. The molecule has 88 valence electrons. The van der Waals surface area contributed by atoms with E-state index in [0.717, 1.165) is 30.5 Å². The molecule has 1 aliphatic heterocycles. The van der Waals surface area contributed by atoms with Crippen molar-refractivity contribution in [2.45, 2.75) is 40.0 Å². The number of hydrogen-bond acceptors (Lipinski definition) is 1. The van der Waals surface area contributed by atoms with Gasteiger partial charge >= 0.3 is 7.75 Å². The van der Waals surface area contributed by atoms with E-state index in [1.54, 1.807) is 0 Å².